The summed E-state index contributed by atoms with van der Waals surface area (Å²) < 4.78 is 5.87. The minimum absolute atomic E-state index is 0.148. The van der Waals surface area contributed by atoms with Crippen molar-refractivity contribution >= 4 is 23.0 Å². The first-order chi connectivity index (χ1) is 12.2. The maximum absolute atomic E-state index is 5.87. The van der Waals surface area contributed by atoms with Gasteiger partial charge in [-0.2, -0.15) is 0 Å². The molecule has 1 saturated heterocycles. The number of benzene rings is 2. The Morgan fingerprint density at radius 1 is 1.20 bits per heavy atom. The molecule has 0 bridgehead atoms. The van der Waals surface area contributed by atoms with E-state index >= 15 is 0 Å². The van der Waals surface area contributed by atoms with E-state index in [0.29, 0.717) is 11.7 Å². The van der Waals surface area contributed by atoms with Crippen LogP contribution < -0.4 is 10.6 Å². The first-order valence-electron chi connectivity index (χ1n) is 8.68. The van der Waals surface area contributed by atoms with E-state index < -0.39 is 0 Å². The fourth-order valence-corrected chi connectivity index (χ4v) is 3.19. The number of hydrogen-bond acceptors (Lipinski definition) is 3. The monoisotopic (exact) mass is 355 g/mol. The van der Waals surface area contributed by atoms with Crippen LogP contribution >= 0.6 is 12.2 Å². The smallest absolute Gasteiger partial charge is 0.170 e. The molecule has 1 aliphatic heterocycles. The molecule has 1 aliphatic rings. The summed E-state index contributed by atoms with van der Waals surface area (Å²) in [7, 11) is 0. The number of hydrogen-bond donors (Lipinski definition) is 2. The molecule has 2 N–H and O–H groups in total. The summed E-state index contributed by atoms with van der Waals surface area (Å²) in [6.45, 7) is 6.39. The average Bonchev–Trinajstić information content (AvgIpc) is 2.61. The van der Waals surface area contributed by atoms with Crippen molar-refractivity contribution in [1.82, 2.24) is 10.2 Å². The normalized spacial score (nSPS) is 17.9. The molecule has 0 amide bonds. The molecule has 5 heteroatoms. The molecule has 25 heavy (non-hydrogen) atoms. The van der Waals surface area contributed by atoms with Crippen molar-refractivity contribution in [3.63, 3.8) is 0 Å². The third-order valence-corrected chi connectivity index (χ3v) is 4.48. The lowest BCUT2D eigenvalue weighted by molar-refractivity contribution is -0.0279. The predicted molar refractivity (Wildman–Crippen MR) is 107 cm³/mol. The highest BCUT2D eigenvalue weighted by Crippen LogP contribution is 2.11. The standard InChI is InChI=1S/C20H25N3OS/c1-16-6-5-9-18(12-16)22-20(25)21-13-19-15-23(10-11-24-19)14-17-7-3-2-4-8-17/h2-9,12,19H,10-11,13-15H2,1H3,(H2,21,22,25)/t19-/m1/s1. The zero-order chi connectivity index (χ0) is 17.5. The summed E-state index contributed by atoms with van der Waals surface area (Å²) >= 11 is 5.39. The summed E-state index contributed by atoms with van der Waals surface area (Å²) in [4.78, 5) is 2.43. The summed E-state index contributed by atoms with van der Waals surface area (Å²) in [5.74, 6) is 0. The van der Waals surface area contributed by atoms with Gasteiger partial charge >= 0.3 is 0 Å². The molecule has 132 valence electrons. The van der Waals surface area contributed by atoms with Gasteiger partial charge in [-0.05, 0) is 42.4 Å². The van der Waals surface area contributed by atoms with Crippen LogP contribution in [0.15, 0.2) is 54.6 Å². The van der Waals surface area contributed by atoms with Gasteiger partial charge in [0.25, 0.3) is 0 Å². The highest BCUT2D eigenvalue weighted by Gasteiger charge is 2.20. The SMILES string of the molecule is Cc1cccc(NC(=S)NC[C@@H]2CN(Cc3ccccc3)CCO2)c1. The quantitative estimate of drug-likeness (QED) is 0.806. The Labute approximate surface area is 155 Å². The highest BCUT2D eigenvalue weighted by atomic mass is 32.1. The molecule has 0 saturated carbocycles. The molecule has 0 unspecified atom stereocenters. The van der Waals surface area contributed by atoms with Crippen LogP contribution in [0.1, 0.15) is 11.1 Å². The molecular formula is C20H25N3OS. The van der Waals surface area contributed by atoms with Crippen LogP contribution in [0, 0.1) is 6.92 Å². The molecule has 4 nitrogen and oxygen atoms in total. The zero-order valence-electron chi connectivity index (χ0n) is 14.6. The predicted octanol–water partition coefficient (Wildman–Crippen LogP) is 3.18. The Bertz CT molecular complexity index is 692. The van der Waals surface area contributed by atoms with Crippen LogP contribution in [0.5, 0.6) is 0 Å². The van der Waals surface area contributed by atoms with Crippen LogP contribution in [0.2, 0.25) is 0 Å². The summed E-state index contributed by atoms with van der Waals surface area (Å²) in [6.07, 6.45) is 0.148. The second-order valence-corrected chi connectivity index (χ2v) is 6.83. The number of anilines is 1. The van der Waals surface area contributed by atoms with Gasteiger partial charge in [-0.15, -0.1) is 0 Å². The van der Waals surface area contributed by atoms with Gasteiger partial charge in [-0.3, -0.25) is 4.90 Å². The molecule has 1 fully saturated rings. The Morgan fingerprint density at radius 3 is 2.84 bits per heavy atom. The van der Waals surface area contributed by atoms with E-state index in [9.17, 15) is 0 Å². The number of nitrogens with one attached hydrogen (secondary N) is 2. The third kappa shape index (κ3) is 5.81. The van der Waals surface area contributed by atoms with Gasteiger partial charge in [-0.1, -0.05) is 42.5 Å². The van der Waals surface area contributed by atoms with E-state index in [1.54, 1.807) is 0 Å². The number of ether oxygens (including phenoxy) is 1. The lowest BCUT2D eigenvalue weighted by Gasteiger charge is -2.33. The van der Waals surface area contributed by atoms with Gasteiger partial charge in [-0.25, -0.2) is 0 Å². The zero-order valence-corrected chi connectivity index (χ0v) is 15.4. The number of nitrogens with zero attached hydrogens (tertiary/aromatic N) is 1. The van der Waals surface area contributed by atoms with Crippen LogP contribution in [0.25, 0.3) is 0 Å². The van der Waals surface area contributed by atoms with E-state index in [-0.39, 0.29) is 6.10 Å². The van der Waals surface area contributed by atoms with Gasteiger partial charge in [0.05, 0.1) is 12.7 Å². The number of aryl methyl sites for hydroxylation is 1. The minimum Gasteiger partial charge on any atom is -0.374 e. The molecule has 0 spiro atoms. The van der Waals surface area contributed by atoms with E-state index in [4.69, 9.17) is 17.0 Å². The molecule has 3 rings (SSSR count). The highest BCUT2D eigenvalue weighted by molar-refractivity contribution is 7.80. The number of morpholine rings is 1. The molecule has 0 aromatic heterocycles. The molecule has 0 aliphatic carbocycles. The Balaban J connectivity index is 1.44. The van der Waals surface area contributed by atoms with Crippen LogP contribution in [-0.2, 0) is 11.3 Å². The molecule has 1 atom stereocenters. The van der Waals surface area contributed by atoms with Crippen LogP contribution in [0.4, 0.5) is 5.69 Å². The van der Waals surface area contributed by atoms with E-state index in [2.05, 4.69) is 64.9 Å². The molecular weight excluding hydrogens is 330 g/mol. The van der Waals surface area contributed by atoms with Crippen molar-refractivity contribution in [2.24, 2.45) is 0 Å². The fraction of sp³-hybridized carbons (Fsp3) is 0.350. The Morgan fingerprint density at radius 2 is 2.04 bits per heavy atom. The molecule has 0 radical (unpaired) electrons. The van der Waals surface area contributed by atoms with Gasteiger partial charge in [0.15, 0.2) is 5.11 Å². The third-order valence-electron chi connectivity index (χ3n) is 4.24. The lowest BCUT2D eigenvalue weighted by atomic mass is 10.2. The van der Waals surface area contributed by atoms with Gasteiger partial charge < -0.3 is 15.4 Å². The van der Waals surface area contributed by atoms with Crippen molar-refractivity contribution in [1.29, 1.82) is 0 Å². The number of thiocarbonyl (C=S) groups is 1. The fourth-order valence-electron chi connectivity index (χ4n) is 2.99. The van der Waals surface area contributed by atoms with Crippen molar-refractivity contribution in [3.8, 4) is 0 Å². The number of rotatable bonds is 5. The van der Waals surface area contributed by atoms with Crippen molar-refractivity contribution in [2.45, 2.75) is 19.6 Å². The topological polar surface area (TPSA) is 36.5 Å². The summed E-state index contributed by atoms with van der Waals surface area (Å²) in [5.41, 5.74) is 3.56. The summed E-state index contributed by atoms with van der Waals surface area (Å²) in [6, 6.07) is 18.7. The minimum atomic E-state index is 0.148. The van der Waals surface area contributed by atoms with Crippen LogP contribution in [-0.4, -0.2) is 42.4 Å². The van der Waals surface area contributed by atoms with Crippen LogP contribution in [0.3, 0.4) is 0 Å². The van der Waals surface area contributed by atoms with Gasteiger partial charge in [0.2, 0.25) is 0 Å². The molecule has 2 aromatic carbocycles. The Kier molecular flexibility index (Phi) is 6.39. The second-order valence-electron chi connectivity index (χ2n) is 6.42. The maximum atomic E-state index is 5.87. The Hall–Kier alpha value is -1.95. The lowest BCUT2D eigenvalue weighted by Crippen LogP contribution is -2.47. The first kappa shape index (κ1) is 17.9. The van der Waals surface area contributed by atoms with Crippen molar-refractivity contribution in [2.75, 3.05) is 31.6 Å². The molecule has 2 aromatic rings. The molecule has 1 heterocycles. The van der Waals surface area contributed by atoms with E-state index in [1.807, 2.05) is 12.1 Å². The van der Waals surface area contributed by atoms with Gasteiger partial charge in [0.1, 0.15) is 0 Å². The average molecular weight is 356 g/mol. The second kappa shape index (κ2) is 8.94. The van der Waals surface area contributed by atoms with E-state index in [0.717, 1.165) is 31.9 Å². The first-order valence-corrected chi connectivity index (χ1v) is 9.09. The summed E-state index contributed by atoms with van der Waals surface area (Å²) in [5, 5.41) is 7.13. The largest absolute Gasteiger partial charge is 0.374 e. The van der Waals surface area contributed by atoms with Crippen molar-refractivity contribution < 1.29 is 4.74 Å². The maximum Gasteiger partial charge on any atom is 0.170 e. The van der Waals surface area contributed by atoms with Gasteiger partial charge in [0, 0.05) is 31.9 Å². The van der Waals surface area contributed by atoms with E-state index in [1.165, 1.54) is 11.1 Å². The van der Waals surface area contributed by atoms with Crippen molar-refractivity contribution in [3.05, 3.63) is 65.7 Å².